The van der Waals surface area contributed by atoms with Crippen molar-refractivity contribution in [2.24, 2.45) is 7.05 Å². The Kier molecular flexibility index (Phi) is 3.25. The van der Waals surface area contributed by atoms with Crippen LogP contribution in [-0.4, -0.2) is 20.2 Å². The molecule has 0 fully saturated rings. The minimum atomic E-state index is -1.03. The topological polar surface area (TPSA) is 64.2 Å². The van der Waals surface area contributed by atoms with Gasteiger partial charge in [0.15, 0.2) is 0 Å². The van der Waals surface area contributed by atoms with Crippen LogP contribution in [0.1, 0.15) is 15.9 Å². The van der Waals surface area contributed by atoms with E-state index < -0.39 is 5.97 Å². The first kappa shape index (κ1) is 12.4. The number of hydrogen-bond donors (Lipinski definition) is 1. The van der Waals surface area contributed by atoms with E-state index in [1.54, 1.807) is 25.5 Å². The number of aromatic carboxylic acids is 1. The zero-order chi connectivity index (χ0) is 13.3. The Balaban J connectivity index is 2.33. The number of aryl methyl sites for hydroxylation is 1. The second kappa shape index (κ2) is 4.70. The standard InChI is InChI=1S/C12H11ClN2O3/c1-14-4-5-15(12(14)18)7-9-3-2-8(11(16)17)6-10(9)13/h2-6H,7H2,1H3,(H,16,17). The van der Waals surface area contributed by atoms with Gasteiger partial charge in [0.1, 0.15) is 0 Å². The molecule has 0 aliphatic rings. The number of halogens is 1. The van der Waals surface area contributed by atoms with E-state index in [2.05, 4.69) is 0 Å². The molecule has 94 valence electrons. The molecule has 0 aliphatic heterocycles. The number of carboxylic acids is 1. The third-order valence-corrected chi connectivity index (χ3v) is 3.01. The number of imidazole rings is 1. The lowest BCUT2D eigenvalue weighted by Gasteiger charge is -2.05. The molecule has 0 spiro atoms. The monoisotopic (exact) mass is 266 g/mol. The normalized spacial score (nSPS) is 10.6. The number of carboxylic acid groups (broad SMARTS) is 1. The van der Waals surface area contributed by atoms with E-state index in [0.717, 1.165) is 0 Å². The van der Waals surface area contributed by atoms with E-state index in [1.807, 2.05) is 0 Å². The summed E-state index contributed by atoms with van der Waals surface area (Å²) in [7, 11) is 1.66. The minimum Gasteiger partial charge on any atom is -0.478 e. The highest BCUT2D eigenvalue weighted by atomic mass is 35.5. The molecule has 0 atom stereocenters. The number of hydrogen-bond acceptors (Lipinski definition) is 2. The Hall–Kier alpha value is -2.01. The zero-order valence-electron chi connectivity index (χ0n) is 9.63. The van der Waals surface area contributed by atoms with Crippen LogP contribution in [0.5, 0.6) is 0 Å². The lowest BCUT2D eigenvalue weighted by atomic mass is 10.1. The van der Waals surface area contributed by atoms with E-state index in [-0.39, 0.29) is 11.3 Å². The van der Waals surface area contributed by atoms with Crippen molar-refractivity contribution in [3.8, 4) is 0 Å². The summed E-state index contributed by atoms with van der Waals surface area (Å²) in [6.07, 6.45) is 3.31. The molecule has 18 heavy (non-hydrogen) atoms. The molecule has 0 bridgehead atoms. The smallest absolute Gasteiger partial charge is 0.335 e. The molecule has 6 heteroatoms. The maximum atomic E-state index is 11.6. The van der Waals surface area contributed by atoms with E-state index >= 15 is 0 Å². The Morgan fingerprint density at radius 2 is 2.11 bits per heavy atom. The van der Waals surface area contributed by atoms with Gasteiger partial charge in [-0.25, -0.2) is 9.59 Å². The number of nitrogens with zero attached hydrogens (tertiary/aromatic N) is 2. The van der Waals surface area contributed by atoms with Gasteiger partial charge in [-0.05, 0) is 17.7 Å². The van der Waals surface area contributed by atoms with Gasteiger partial charge in [-0.1, -0.05) is 17.7 Å². The predicted molar refractivity (Wildman–Crippen MR) is 67.2 cm³/mol. The van der Waals surface area contributed by atoms with Crippen molar-refractivity contribution in [2.75, 3.05) is 0 Å². The Bertz CT molecular complexity index is 658. The summed E-state index contributed by atoms with van der Waals surface area (Å²) in [4.78, 5) is 22.4. The van der Waals surface area contributed by atoms with Gasteiger partial charge in [0.2, 0.25) is 0 Å². The summed E-state index contributed by atoms with van der Waals surface area (Å²) in [5.41, 5.74) is 0.688. The summed E-state index contributed by atoms with van der Waals surface area (Å²) in [6.45, 7) is 0.318. The van der Waals surface area contributed by atoms with Crippen LogP contribution < -0.4 is 5.69 Å². The van der Waals surface area contributed by atoms with E-state index in [9.17, 15) is 9.59 Å². The lowest BCUT2D eigenvalue weighted by molar-refractivity contribution is 0.0697. The fourth-order valence-corrected chi connectivity index (χ4v) is 1.86. The van der Waals surface area contributed by atoms with Crippen LogP contribution in [0.4, 0.5) is 0 Å². The molecule has 1 N–H and O–H groups in total. The zero-order valence-corrected chi connectivity index (χ0v) is 10.4. The fourth-order valence-electron chi connectivity index (χ4n) is 1.62. The SMILES string of the molecule is Cn1ccn(Cc2ccc(C(=O)O)cc2Cl)c1=O. The summed E-state index contributed by atoms with van der Waals surface area (Å²) >= 11 is 6.00. The number of aromatic nitrogens is 2. The highest BCUT2D eigenvalue weighted by Crippen LogP contribution is 2.18. The third-order valence-electron chi connectivity index (χ3n) is 2.66. The average Bonchev–Trinajstić information content (AvgIpc) is 2.63. The van der Waals surface area contributed by atoms with Gasteiger partial charge < -0.3 is 9.67 Å². The molecular weight excluding hydrogens is 256 g/mol. The number of rotatable bonds is 3. The molecule has 1 aromatic carbocycles. The van der Waals surface area contributed by atoms with E-state index in [4.69, 9.17) is 16.7 Å². The van der Waals surface area contributed by atoms with Gasteiger partial charge in [0.05, 0.1) is 12.1 Å². The van der Waals surface area contributed by atoms with Crippen LogP contribution >= 0.6 is 11.6 Å². The van der Waals surface area contributed by atoms with Crippen molar-refractivity contribution in [3.05, 3.63) is 57.2 Å². The van der Waals surface area contributed by atoms with Crippen LogP contribution in [-0.2, 0) is 13.6 Å². The van der Waals surface area contributed by atoms with E-state index in [1.165, 1.54) is 21.3 Å². The average molecular weight is 267 g/mol. The van der Waals surface area contributed by atoms with Gasteiger partial charge in [-0.2, -0.15) is 0 Å². The van der Waals surface area contributed by atoms with Crippen molar-refractivity contribution in [1.29, 1.82) is 0 Å². The molecule has 1 aromatic heterocycles. The van der Waals surface area contributed by atoms with Gasteiger partial charge in [0, 0.05) is 24.5 Å². The molecule has 0 unspecified atom stereocenters. The molecule has 0 saturated heterocycles. The largest absolute Gasteiger partial charge is 0.478 e. The Morgan fingerprint density at radius 1 is 1.39 bits per heavy atom. The van der Waals surface area contributed by atoms with Crippen molar-refractivity contribution in [1.82, 2.24) is 9.13 Å². The summed E-state index contributed by atoms with van der Waals surface area (Å²) in [6, 6.07) is 4.47. The molecule has 0 radical (unpaired) electrons. The molecule has 1 heterocycles. The van der Waals surface area contributed by atoms with Crippen molar-refractivity contribution in [2.45, 2.75) is 6.54 Å². The molecular formula is C12H11ClN2O3. The Morgan fingerprint density at radius 3 is 2.61 bits per heavy atom. The van der Waals surface area contributed by atoms with Gasteiger partial charge in [-0.3, -0.25) is 4.57 Å². The molecule has 0 saturated carbocycles. The van der Waals surface area contributed by atoms with Gasteiger partial charge in [0.25, 0.3) is 0 Å². The minimum absolute atomic E-state index is 0.129. The number of benzene rings is 1. The third kappa shape index (κ3) is 2.31. The van der Waals surface area contributed by atoms with Crippen molar-refractivity contribution >= 4 is 17.6 Å². The highest BCUT2D eigenvalue weighted by molar-refractivity contribution is 6.31. The highest BCUT2D eigenvalue weighted by Gasteiger charge is 2.08. The van der Waals surface area contributed by atoms with Crippen molar-refractivity contribution < 1.29 is 9.90 Å². The summed E-state index contributed by atoms with van der Waals surface area (Å²) in [5, 5.41) is 9.16. The molecule has 5 nitrogen and oxygen atoms in total. The predicted octanol–water partition coefficient (Wildman–Crippen LogP) is 1.59. The molecule has 0 amide bonds. The summed E-state index contributed by atoms with van der Waals surface area (Å²) in [5.74, 6) is -1.03. The van der Waals surface area contributed by atoms with Crippen LogP contribution in [0.3, 0.4) is 0 Å². The van der Waals surface area contributed by atoms with Gasteiger partial charge >= 0.3 is 11.7 Å². The fraction of sp³-hybridized carbons (Fsp3) is 0.167. The first-order valence-corrected chi connectivity index (χ1v) is 5.60. The maximum absolute atomic E-state index is 11.6. The quantitative estimate of drug-likeness (QED) is 0.917. The lowest BCUT2D eigenvalue weighted by Crippen LogP contribution is -2.22. The molecule has 2 rings (SSSR count). The van der Waals surface area contributed by atoms with Crippen LogP contribution in [0.25, 0.3) is 0 Å². The van der Waals surface area contributed by atoms with Crippen LogP contribution in [0.15, 0.2) is 35.4 Å². The van der Waals surface area contributed by atoms with Crippen LogP contribution in [0, 0.1) is 0 Å². The Labute approximate surface area is 108 Å². The second-order valence-electron chi connectivity index (χ2n) is 3.93. The first-order chi connectivity index (χ1) is 8.49. The van der Waals surface area contributed by atoms with Crippen molar-refractivity contribution in [3.63, 3.8) is 0 Å². The molecule has 2 aromatic rings. The maximum Gasteiger partial charge on any atom is 0.335 e. The second-order valence-corrected chi connectivity index (χ2v) is 4.34. The summed E-state index contributed by atoms with van der Waals surface area (Å²) < 4.78 is 2.96. The first-order valence-electron chi connectivity index (χ1n) is 5.22. The van der Waals surface area contributed by atoms with Crippen LogP contribution in [0.2, 0.25) is 5.02 Å². The number of carbonyl (C=O) groups is 1. The van der Waals surface area contributed by atoms with E-state index in [0.29, 0.717) is 17.1 Å². The van der Waals surface area contributed by atoms with Gasteiger partial charge in [-0.15, -0.1) is 0 Å². The molecule has 0 aliphatic carbocycles.